The van der Waals surface area contributed by atoms with E-state index < -0.39 is 17.1 Å². The Morgan fingerprint density at radius 2 is 1.81 bits per heavy atom. The minimum atomic E-state index is -0.812. The number of rotatable bonds is 5. The average Bonchev–Trinajstić information content (AvgIpc) is 3.67. The minimum Gasteiger partial charge on any atom is -0.326 e. The number of pyridine rings is 1. The molecular formula is C26H23FIN5O4. The summed E-state index contributed by atoms with van der Waals surface area (Å²) in [4.78, 5) is 52.7. The first kappa shape index (κ1) is 24.9. The third-order valence-electron chi connectivity index (χ3n) is 6.41. The van der Waals surface area contributed by atoms with E-state index in [-0.39, 0.29) is 39.5 Å². The molecule has 4 aromatic rings. The molecule has 2 aromatic heterocycles. The summed E-state index contributed by atoms with van der Waals surface area (Å²) in [6.07, 6.45) is 1.61. The molecule has 2 N–H and O–H groups in total. The normalized spacial score (nSPS) is 13.1. The Hall–Kier alpha value is -3.74. The average molecular weight is 615 g/mol. The summed E-state index contributed by atoms with van der Waals surface area (Å²) in [6.45, 7) is 2.94. The van der Waals surface area contributed by atoms with Crippen LogP contribution in [0.25, 0.3) is 16.6 Å². The molecule has 0 atom stereocenters. The van der Waals surface area contributed by atoms with Crippen LogP contribution in [0.5, 0.6) is 0 Å². The number of aromatic nitrogens is 3. The Balaban J connectivity index is 1.91. The van der Waals surface area contributed by atoms with Gasteiger partial charge in [-0.05, 0) is 78.8 Å². The van der Waals surface area contributed by atoms with Crippen molar-refractivity contribution in [3.05, 3.63) is 94.3 Å². The quantitative estimate of drug-likeness (QED) is 0.334. The van der Waals surface area contributed by atoms with E-state index in [1.807, 2.05) is 22.6 Å². The molecule has 37 heavy (non-hydrogen) atoms. The summed E-state index contributed by atoms with van der Waals surface area (Å²) >= 11 is 1.97. The summed E-state index contributed by atoms with van der Waals surface area (Å²) in [5.74, 6) is -0.929. The van der Waals surface area contributed by atoms with Crippen molar-refractivity contribution in [3.63, 3.8) is 0 Å². The van der Waals surface area contributed by atoms with Gasteiger partial charge in [-0.25, -0.2) is 9.18 Å². The van der Waals surface area contributed by atoms with Gasteiger partial charge < -0.3 is 9.88 Å². The van der Waals surface area contributed by atoms with Crippen LogP contribution in [0.1, 0.15) is 36.9 Å². The summed E-state index contributed by atoms with van der Waals surface area (Å²) in [5.41, 5.74) is 2.55. The summed E-state index contributed by atoms with van der Waals surface area (Å²) in [5, 5.41) is 2.89. The van der Waals surface area contributed by atoms with Crippen molar-refractivity contribution in [2.45, 2.75) is 32.6 Å². The van der Waals surface area contributed by atoms with Gasteiger partial charge in [-0.15, -0.1) is 0 Å². The number of amides is 1. The fraction of sp³-hybridized carbons (Fsp3) is 0.231. The van der Waals surface area contributed by atoms with Gasteiger partial charge in [-0.1, -0.05) is 6.07 Å². The zero-order valence-electron chi connectivity index (χ0n) is 20.3. The molecule has 0 unspecified atom stereocenters. The number of carbonyl (C=O) groups excluding carboxylic acids is 1. The zero-order valence-corrected chi connectivity index (χ0v) is 22.4. The lowest BCUT2D eigenvalue weighted by Gasteiger charge is -2.20. The van der Waals surface area contributed by atoms with Crippen molar-refractivity contribution in [3.8, 4) is 5.69 Å². The number of fused-ring (bicyclic) bond motifs is 1. The molecule has 0 spiro atoms. The Bertz CT molecular complexity index is 1790. The van der Waals surface area contributed by atoms with E-state index >= 15 is 0 Å². The van der Waals surface area contributed by atoms with Crippen LogP contribution in [0.3, 0.4) is 0 Å². The SMILES string of the molecule is CC(=O)Nc1cccc(-n2c(=O)n(Nc3ccc(I)cc3F)c(=O)c3c(C4CC4)n(C)c(=O)c(C)c32)c1. The summed E-state index contributed by atoms with van der Waals surface area (Å²) in [6, 6.07) is 10.9. The summed E-state index contributed by atoms with van der Waals surface area (Å²) < 4.78 is 18.9. The van der Waals surface area contributed by atoms with E-state index in [4.69, 9.17) is 0 Å². The number of hydrogen-bond donors (Lipinski definition) is 2. The predicted octanol–water partition coefficient (Wildman–Crippen LogP) is 3.61. The molecule has 1 amide bonds. The molecule has 1 fully saturated rings. The van der Waals surface area contributed by atoms with Gasteiger partial charge in [0, 0.05) is 40.4 Å². The van der Waals surface area contributed by atoms with Gasteiger partial charge in [-0.3, -0.25) is 24.4 Å². The summed E-state index contributed by atoms with van der Waals surface area (Å²) in [7, 11) is 1.62. The fourth-order valence-corrected chi connectivity index (χ4v) is 5.08. The molecule has 5 rings (SSSR count). The second kappa shape index (κ2) is 9.29. The lowest BCUT2D eigenvalue weighted by Crippen LogP contribution is -2.45. The molecule has 11 heteroatoms. The number of nitrogens with one attached hydrogen (secondary N) is 2. The molecule has 1 saturated carbocycles. The van der Waals surface area contributed by atoms with Crippen molar-refractivity contribution in [2.75, 3.05) is 10.7 Å². The van der Waals surface area contributed by atoms with Crippen LogP contribution in [0, 0.1) is 16.3 Å². The van der Waals surface area contributed by atoms with Crippen LogP contribution in [0.2, 0.25) is 0 Å². The standard InChI is InChI=1S/C26H23FIN5O4/c1-13-22-21(23(15-7-8-15)31(3)24(13)35)25(36)33(30-20-10-9-16(28)11-19(20)27)26(37)32(22)18-6-4-5-17(12-18)29-14(2)34/h4-6,9-12,15,30H,7-8H2,1-3H3,(H,29,34). The molecule has 0 aliphatic heterocycles. The molecule has 1 aliphatic carbocycles. The molecule has 0 radical (unpaired) electrons. The molecule has 1 aliphatic rings. The van der Waals surface area contributed by atoms with Gasteiger partial charge in [0.05, 0.1) is 22.3 Å². The number of nitrogens with zero attached hydrogens (tertiary/aromatic N) is 3. The van der Waals surface area contributed by atoms with Gasteiger partial charge >= 0.3 is 5.69 Å². The number of hydrogen-bond acceptors (Lipinski definition) is 5. The number of anilines is 2. The van der Waals surface area contributed by atoms with Gasteiger partial charge in [-0.2, -0.15) is 4.68 Å². The third-order valence-corrected chi connectivity index (χ3v) is 7.08. The van der Waals surface area contributed by atoms with Crippen molar-refractivity contribution < 1.29 is 9.18 Å². The Labute approximate surface area is 223 Å². The maximum absolute atomic E-state index is 14.7. The van der Waals surface area contributed by atoms with Crippen molar-refractivity contribution >= 4 is 50.8 Å². The molecule has 190 valence electrons. The lowest BCUT2D eigenvalue weighted by molar-refractivity contribution is -0.114. The minimum absolute atomic E-state index is 0.00587. The number of carbonyl (C=O) groups is 1. The zero-order chi connectivity index (χ0) is 26.6. The largest absolute Gasteiger partial charge is 0.355 e. The van der Waals surface area contributed by atoms with Crippen LogP contribution in [-0.2, 0) is 11.8 Å². The van der Waals surface area contributed by atoms with Crippen molar-refractivity contribution in [1.29, 1.82) is 0 Å². The molecule has 2 aromatic carbocycles. The first-order valence-corrected chi connectivity index (χ1v) is 12.7. The van der Waals surface area contributed by atoms with E-state index in [1.54, 1.807) is 44.3 Å². The van der Waals surface area contributed by atoms with E-state index in [1.165, 1.54) is 28.2 Å². The van der Waals surface area contributed by atoms with Crippen LogP contribution < -0.4 is 27.6 Å². The Kier molecular flexibility index (Phi) is 6.26. The maximum atomic E-state index is 14.7. The molecule has 9 nitrogen and oxygen atoms in total. The van der Waals surface area contributed by atoms with Crippen molar-refractivity contribution in [1.82, 2.24) is 13.8 Å². The molecule has 0 saturated heterocycles. The lowest BCUT2D eigenvalue weighted by atomic mass is 10.1. The highest BCUT2D eigenvalue weighted by Crippen LogP contribution is 2.42. The van der Waals surface area contributed by atoms with Gasteiger partial charge in [0.15, 0.2) is 0 Å². The molecular weight excluding hydrogens is 592 g/mol. The second-order valence-corrected chi connectivity index (χ2v) is 10.3. The Morgan fingerprint density at radius 1 is 1.08 bits per heavy atom. The van der Waals surface area contributed by atoms with Crippen LogP contribution in [0.15, 0.2) is 56.8 Å². The monoisotopic (exact) mass is 615 g/mol. The fourth-order valence-electron chi connectivity index (χ4n) is 4.62. The number of aryl methyl sites for hydroxylation is 1. The van der Waals surface area contributed by atoms with Crippen LogP contribution in [0.4, 0.5) is 15.8 Å². The molecule has 2 heterocycles. The van der Waals surface area contributed by atoms with E-state index in [2.05, 4.69) is 10.7 Å². The molecule has 0 bridgehead atoms. The smallest absolute Gasteiger partial charge is 0.326 e. The first-order chi connectivity index (χ1) is 17.6. The maximum Gasteiger partial charge on any atom is 0.355 e. The van der Waals surface area contributed by atoms with Gasteiger partial charge in [0.1, 0.15) is 5.82 Å². The van der Waals surface area contributed by atoms with E-state index in [0.29, 0.717) is 20.6 Å². The second-order valence-electron chi connectivity index (χ2n) is 9.10. The first-order valence-electron chi connectivity index (χ1n) is 11.6. The highest BCUT2D eigenvalue weighted by atomic mass is 127. The topological polar surface area (TPSA) is 107 Å². The van der Waals surface area contributed by atoms with Gasteiger partial charge in [0.25, 0.3) is 11.1 Å². The van der Waals surface area contributed by atoms with Crippen LogP contribution >= 0.6 is 22.6 Å². The van der Waals surface area contributed by atoms with Gasteiger partial charge in [0.2, 0.25) is 5.91 Å². The number of benzene rings is 2. The van der Waals surface area contributed by atoms with E-state index in [9.17, 15) is 23.6 Å². The van der Waals surface area contributed by atoms with E-state index in [0.717, 1.165) is 17.5 Å². The van der Waals surface area contributed by atoms with Crippen molar-refractivity contribution in [2.24, 2.45) is 7.05 Å². The van der Waals surface area contributed by atoms with Crippen LogP contribution in [-0.4, -0.2) is 19.7 Å². The predicted molar refractivity (Wildman–Crippen MR) is 148 cm³/mol. The highest BCUT2D eigenvalue weighted by Gasteiger charge is 2.32. The Morgan fingerprint density at radius 3 is 2.46 bits per heavy atom. The highest BCUT2D eigenvalue weighted by molar-refractivity contribution is 14.1. The third kappa shape index (κ3) is 4.37. The number of halogens is 2.